The van der Waals surface area contributed by atoms with Crippen LogP contribution in [0.15, 0.2) is 95.1 Å². The van der Waals surface area contributed by atoms with Crippen LogP contribution in [0.1, 0.15) is 22.8 Å². The van der Waals surface area contributed by atoms with Crippen molar-refractivity contribution in [1.29, 1.82) is 0 Å². The van der Waals surface area contributed by atoms with Gasteiger partial charge < -0.3 is 21.1 Å². The second-order valence-corrected chi connectivity index (χ2v) is 10.3. The van der Waals surface area contributed by atoms with Crippen LogP contribution in [0.3, 0.4) is 0 Å². The summed E-state index contributed by atoms with van der Waals surface area (Å²) < 4.78 is 5.11. The lowest BCUT2D eigenvalue weighted by Crippen LogP contribution is -2.38. The van der Waals surface area contributed by atoms with Crippen LogP contribution >= 0.6 is 23.4 Å². The van der Waals surface area contributed by atoms with E-state index in [0.29, 0.717) is 39.2 Å². The number of amides is 2. The van der Waals surface area contributed by atoms with Crippen LogP contribution in [0.2, 0.25) is 5.02 Å². The largest absolute Gasteiger partial charge is 0.400 e. The number of nitrogens with zero attached hydrogens (tertiary/aromatic N) is 1. The number of thioether (sulfide) groups is 1. The summed E-state index contributed by atoms with van der Waals surface area (Å²) in [7, 11) is 1.54. The maximum Gasteiger partial charge on any atom is 0.256 e. The molecule has 8 nitrogen and oxygen atoms in total. The van der Waals surface area contributed by atoms with E-state index >= 15 is 0 Å². The second-order valence-electron chi connectivity index (χ2n) is 8.78. The molecule has 0 radical (unpaired) electrons. The third kappa shape index (κ3) is 6.75. The van der Waals surface area contributed by atoms with E-state index in [0.717, 1.165) is 11.8 Å². The van der Waals surface area contributed by atoms with Crippen LogP contribution in [0.25, 0.3) is 0 Å². The van der Waals surface area contributed by atoms with Crippen LogP contribution < -0.4 is 16.4 Å². The highest BCUT2D eigenvalue weighted by Gasteiger charge is 2.39. The van der Waals surface area contributed by atoms with Crippen LogP contribution in [0.4, 0.5) is 11.4 Å². The van der Waals surface area contributed by atoms with E-state index < -0.39 is 17.1 Å². The van der Waals surface area contributed by atoms with Crippen LogP contribution in [-0.4, -0.2) is 47.6 Å². The molecule has 1 heterocycles. The lowest BCUT2D eigenvalue weighted by atomic mass is 10.0. The van der Waals surface area contributed by atoms with Crippen molar-refractivity contribution in [2.45, 2.75) is 18.2 Å². The number of nitrogens with one attached hydrogen (secondary N) is 2. The molecule has 2 atom stereocenters. The molecule has 0 unspecified atom stereocenters. The Labute approximate surface area is 235 Å². The molecular weight excluding hydrogens is 536 g/mol. The van der Waals surface area contributed by atoms with Crippen molar-refractivity contribution in [2.24, 2.45) is 10.7 Å². The minimum atomic E-state index is -0.950. The monoisotopic (exact) mass is 562 g/mol. The number of anilines is 1. The van der Waals surface area contributed by atoms with Crippen LogP contribution in [-0.2, 0) is 14.3 Å². The first-order chi connectivity index (χ1) is 18.8. The molecule has 39 heavy (non-hydrogen) atoms. The number of carbonyl (C=O) groups excluding carboxylic acids is 3. The number of aliphatic imine (C=N–C) groups is 1. The van der Waals surface area contributed by atoms with E-state index in [1.165, 1.54) is 7.11 Å². The molecule has 4 rings (SSSR count). The third-order valence-corrected chi connectivity index (χ3v) is 7.27. The van der Waals surface area contributed by atoms with Crippen molar-refractivity contribution in [3.63, 3.8) is 0 Å². The molecule has 0 aromatic heterocycles. The summed E-state index contributed by atoms with van der Waals surface area (Å²) in [6.07, 6.45) is 0. The standard InChI is InChI=1S/C29H27ClN4O4S/c1-17(16-38-2)32-27(36)23-24(31)26(39-29(23)33-20-14-12-19(30)13-15-20)28(37)34-22-11-7-6-10-21(22)25(35)18-8-4-3-5-9-18/h3-15,17,26H,16,31H2,1-2H3,(H,32,36)(H,34,37)/t17-,26-/m0/s1. The molecular formula is C29H27ClN4O4S. The molecule has 0 spiro atoms. The Balaban J connectivity index is 1.64. The number of carbonyl (C=O) groups is 3. The van der Waals surface area contributed by atoms with Gasteiger partial charge in [-0.05, 0) is 43.3 Å². The summed E-state index contributed by atoms with van der Waals surface area (Å²) in [6, 6.07) is 22.0. The highest BCUT2D eigenvalue weighted by atomic mass is 35.5. The molecule has 200 valence electrons. The van der Waals surface area contributed by atoms with Gasteiger partial charge in [-0.15, -0.1) is 0 Å². The SMILES string of the molecule is COC[C@H](C)NC(=O)C1=C(N)[C@@H](C(=O)Nc2ccccc2C(=O)c2ccccc2)SC1=Nc1ccc(Cl)cc1. The van der Waals surface area contributed by atoms with Crippen molar-refractivity contribution in [3.05, 3.63) is 106 Å². The Bertz CT molecular complexity index is 1440. The lowest BCUT2D eigenvalue weighted by molar-refractivity contribution is -0.117. The minimum Gasteiger partial charge on any atom is -0.400 e. The van der Waals surface area contributed by atoms with Gasteiger partial charge in [0.1, 0.15) is 10.3 Å². The van der Waals surface area contributed by atoms with E-state index in [1.807, 2.05) is 6.07 Å². The summed E-state index contributed by atoms with van der Waals surface area (Å²) >= 11 is 7.06. The van der Waals surface area contributed by atoms with Gasteiger partial charge in [-0.3, -0.25) is 14.4 Å². The van der Waals surface area contributed by atoms with E-state index in [2.05, 4.69) is 15.6 Å². The molecule has 3 aromatic carbocycles. The first kappa shape index (κ1) is 28.1. The number of para-hydroxylation sites is 1. The maximum absolute atomic E-state index is 13.5. The topological polar surface area (TPSA) is 123 Å². The van der Waals surface area contributed by atoms with Gasteiger partial charge in [0.25, 0.3) is 5.91 Å². The smallest absolute Gasteiger partial charge is 0.256 e. The van der Waals surface area contributed by atoms with Gasteiger partial charge in [0.2, 0.25) is 5.91 Å². The summed E-state index contributed by atoms with van der Waals surface area (Å²) in [5.74, 6) is -1.18. The molecule has 3 aromatic rings. The highest BCUT2D eigenvalue weighted by molar-refractivity contribution is 8.16. The molecule has 2 amide bonds. The fourth-order valence-electron chi connectivity index (χ4n) is 3.95. The average molecular weight is 563 g/mol. The number of ether oxygens (including phenoxy) is 1. The van der Waals surface area contributed by atoms with E-state index in [9.17, 15) is 14.4 Å². The number of benzene rings is 3. The zero-order chi connectivity index (χ0) is 27.9. The number of methoxy groups -OCH3 is 1. The predicted octanol–water partition coefficient (Wildman–Crippen LogP) is 4.72. The fourth-order valence-corrected chi connectivity index (χ4v) is 5.19. The summed E-state index contributed by atoms with van der Waals surface area (Å²) in [5.41, 5.74) is 8.33. The molecule has 0 saturated heterocycles. The fraction of sp³-hybridized carbons (Fsp3) is 0.172. The number of rotatable bonds is 9. The Morgan fingerprint density at radius 3 is 2.38 bits per heavy atom. The Hall–Kier alpha value is -3.92. The van der Waals surface area contributed by atoms with Gasteiger partial charge in [-0.2, -0.15) is 0 Å². The van der Waals surface area contributed by atoms with Gasteiger partial charge in [0.05, 0.1) is 23.6 Å². The lowest BCUT2D eigenvalue weighted by Gasteiger charge is -2.15. The van der Waals surface area contributed by atoms with Gasteiger partial charge in [0.15, 0.2) is 5.78 Å². The molecule has 1 aliphatic heterocycles. The van der Waals surface area contributed by atoms with Gasteiger partial charge >= 0.3 is 0 Å². The van der Waals surface area contributed by atoms with E-state index in [1.54, 1.807) is 79.7 Å². The minimum absolute atomic E-state index is 0.0687. The number of ketones is 1. The van der Waals surface area contributed by atoms with Crippen LogP contribution in [0.5, 0.6) is 0 Å². The number of hydrogen-bond acceptors (Lipinski definition) is 7. The number of nitrogens with two attached hydrogens (primary N) is 1. The number of hydrogen-bond donors (Lipinski definition) is 3. The molecule has 0 aliphatic carbocycles. The van der Waals surface area contributed by atoms with Crippen molar-refractivity contribution >= 4 is 57.4 Å². The van der Waals surface area contributed by atoms with E-state index in [4.69, 9.17) is 22.1 Å². The van der Waals surface area contributed by atoms with E-state index in [-0.39, 0.29) is 23.1 Å². The Morgan fingerprint density at radius 2 is 1.69 bits per heavy atom. The molecule has 0 bridgehead atoms. The quantitative estimate of drug-likeness (QED) is 0.324. The van der Waals surface area contributed by atoms with Crippen molar-refractivity contribution in [1.82, 2.24) is 5.32 Å². The summed E-state index contributed by atoms with van der Waals surface area (Å²) in [5, 5.41) is 5.55. The molecule has 10 heteroatoms. The van der Waals surface area contributed by atoms with Gasteiger partial charge in [0, 0.05) is 35.0 Å². The maximum atomic E-state index is 13.5. The van der Waals surface area contributed by atoms with Crippen LogP contribution in [0, 0.1) is 0 Å². The highest BCUT2D eigenvalue weighted by Crippen LogP contribution is 2.36. The zero-order valence-corrected chi connectivity index (χ0v) is 22.9. The first-order valence-corrected chi connectivity index (χ1v) is 13.3. The Morgan fingerprint density at radius 1 is 1.03 bits per heavy atom. The Kier molecular flexibility index (Phi) is 9.19. The van der Waals surface area contributed by atoms with Crippen molar-refractivity contribution in [2.75, 3.05) is 19.0 Å². The molecule has 0 saturated carbocycles. The summed E-state index contributed by atoms with van der Waals surface area (Å²) in [6.45, 7) is 2.09. The predicted molar refractivity (Wildman–Crippen MR) is 156 cm³/mol. The molecule has 0 fully saturated rings. The van der Waals surface area contributed by atoms with Crippen molar-refractivity contribution in [3.8, 4) is 0 Å². The van der Waals surface area contributed by atoms with Gasteiger partial charge in [-0.25, -0.2) is 4.99 Å². The molecule has 4 N–H and O–H groups in total. The average Bonchev–Trinajstić information content (AvgIpc) is 3.26. The van der Waals surface area contributed by atoms with Gasteiger partial charge in [-0.1, -0.05) is 65.8 Å². The third-order valence-electron chi connectivity index (χ3n) is 5.80. The van der Waals surface area contributed by atoms with Crippen molar-refractivity contribution < 1.29 is 19.1 Å². The zero-order valence-electron chi connectivity index (χ0n) is 21.3. The number of halogens is 1. The molecule has 1 aliphatic rings. The first-order valence-electron chi connectivity index (χ1n) is 12.1. The summed E-state index contributed by atoms with van der Waals surface area (Å²) in [4.78, 5) is 44.4. The normalized spacial score (nSPS) is 16.7. The second kappa shape index (κ2) is 12.8.